The fraction of sp³-hybridized carbons (Fsp3) is 0.333. The lowest BCUT2D eigenvalue weighted by molar-refractivity contribution is -0.117. The lowest BCUT2D eigenvalue weighted by atomic mass is 10.1. The Morgan fingerprint density at radius 1 is 0.923 bits per heavy atom. The van der Waals surface area contributed by atoms with E-state index in [4.69, 9.17) is 0 Å². The van der Waals surface area contributed by atoms with Crippen molar-refractivity contribution in [2.24, 2.45) is 5.92 Å². The van der Waals surface area contributed by atoms with E-state index >= 15 is 0 Å². The zero-order chi connectivity index (χ0) is 18.7. The van der Waals surface area contributed by atoms with Gasteiger partial charge in [0, 0.05) is 23.0 Å². The van der Waals surface area contributed by atoms with E-state index in [9.17, 15) is 9.59 Å². The minimum atomic E-state index is -0.388. The van der Waals surface area contributed by atoms with Gasteiger partial charge < -0.3 is 16.0 Å². The summed E-state index contributed by atoms with van der Waals surface area (Å²) in [6, 6.07) is 13.0. The Bertz CT molecular complexity index is 790. The fourth-order valence-corrected chi connectivity index (χ4v) is 2.80. The number of rotatable bonds is 6. The average molecular weight is 351 g/mol. The second-order valence-corrected chi connectivity index (χ2v) is 6.96. The maximum absolute atomic E-state index is 12.5. The van der Waals surface area contributed by atoms with Crippen molar-refractivity contribution >= 4 is 28.9 Å². The van der Waals surface area contributed by atoms with E-state index in [-0.39, 0.29) is 23.8 Å². The van der Waals surface area contributed by atoms with Crippen molar-refractivity contribution in [1.29, 1.82) is 0 Å². The van der Waals surface area contributed by atoms with Gasteiger partial charge in [-0.05, 0) is 69.0 Å². The molecule has 5 heteroatoms. The molecule has 3 N–H and O–H groups in total. The van der Waals surface area contributed by atoms with Gasteiger partial charge in [-0.25, -0.2) is 0 Å². The SMILES string of the molecule is Cc1cccc(C)c1NC(=O)[C@H](C)Nc1ccc(NC(=O)C2CC2)cc1. The number of anilines is 3. The third kappa shape index (κ3) is 4.42. The molecular weight excluding hydrogens is 326 g/mol. The van der Waals surface area contributed by atoms with Gasteiger partial charge >= 0.3 is 0 Å². The summed E-state index contributed by atoms with van der Waals surface area (Å²) in [5.74, 6) is 0.182. The van der Waals surface area contributed by atoms with E-state index in [1.165, 1.54) is 0 Å². The normalized spacial score (nSPS) is 14.4. The topological polar surface area (TPSA) is 70.2 Å². The van der Waals surface area contributed by atoms with Gasteiger partial charge in [-0.1, -0.05) is 18.2 Å². The molecule has 0 saturated heterocycles. The van der Waals surface area contributed by atoms with Crippen molar-refractivity contribution in [1.82, 2.24) is 0 Å². The van der Waals surface area contributed by atoms with E-state index in [0.29, 0.717) is 0 Å². The Kier molecular flexibility index (Phi) is 5.26. The predicted octanol–water partition coefficient (Wildman–Crippen LogP) is 4.09. The number of hydrogen-bond donors (Lipinski definition) is 3. The summed E-state index contributed by atoms with van der Waals surface area (Å²) in [5, 5.41) is 9.09. The highest BCUT2D eigenvalue weighted by Crippen LogP contribution is 2.30. The number of aryl methyl sites for hydroxylation is 2. The molecule has 0 aromatic heterocycles. The minimum absolute atomic E-state index is 0.0893. The first-order chi connectivity index (χ1) is 12.4. The van der Waals surface area contributed by atoms with E-state index in [1.807, 2.05) is 63.2 Å². The first kappa shape index (κ1) is 18.0. The summed E-state index contributed by atoms with van der Waals surface area (Å²) in [6.07, 6.45) is 1.97. The first-order valence-corrected chi connectivity index (χ1v) is 8.98. The van der Waals surface area contributed by atoms with Crippen LogP contribution in [-0.2, 0) is 9.59 Å². The Balaban J connectivity index is 1.57. The molecule has 2 aromatic rings. The smallest absolute Gasteiger partial charge is 0.246 e. The third-order valence-electron chi connectivity index (χ3n) is 4.61. The summed E-state index contributed by atoms with van der Waals surface area (Å²) < 4.78 is 0. The van der Waals surface area contributed by atoms with Crippen LogP contribution in [-0.4, -0.2) is 17.9 Å². The van der Waals surface area contributed by atoms with Crippen molar-refractivity contribution < 1.29 is 9.59 Å². The van der Waals surface area contributed by atoms with Crippen LogP contribution in [0.1, 0.15) is 30.9 Å². The number of amides is 2. The summed E-state index contributed by atoms with van der Waals surface area (Å²) >= 11 is 0. The number of carbonyl (C=O) groups is 2. The second kappa shape index (κ2) is 7.60. The van der Waals surface area contributed by atoms with Crippen molar-refractivity contribution in [3.05, 3.63) is 53.6 Å². The summed E-state index contributed by atoms with van der Waals surface area (Å²) in [7, 11) is 0. The molecule has 2 amide bonds. The summed E-state index contributed by atoms with van der Waals surface area (Å²) in [5.41, 5.74) is 4.56. The highest BCUT2D eigenvalue weighted by Gasteiger charge is 2.29. The molecule has 1 atom stereocenters. The Morgan fingerprint density at radius 2 is 1.50 bits per heavy atom. The molecule has 2 aromatic carbocycles. The van der Waals surface area contributed by atoms with Crippen LogP contribution >= 0.6 is 0 Å². The van der Waals surface area contributed by atoms with Crippen molar-refractivity contribution in [3.63, 3.8) is 0 Å². The Labute approximate surface area is 154 Å². The van der Waals surface area contributed by atoms with Crippen LogP contribution in [0.4, 0.5) is 17.1 Å². The molecule has 3 rings (SSSR count). The molecular formula is C21H25N3O2. The largest absolute Gasteiger partial charge is 0.374 e. The minimum Gasteiger partial charge on any atom is -0.374 e. The molecule has 0 aliphatic heterocycles. The van der Waals surface area contributed by atoms with Gasteiger partial charge in [0.25, 0.3) is 0 Å². The van der Waals surface area contributed by atoms with Crippen molar-refractivity contribution in [3.8, 4) is 0 Å². The van der Waals surface area contributed by atoms with E-state index in [1.54, 1.807) is 0 Å². The average Bonchev–Trinajstić information content (AvgIpc) is 3.45. The molecule has 1 aliphatic carbocycles. The maximum Gasteiger partial charge on any atom is 0.246 e. The molecule has 1 fully saturated rings. The van der Waals surface area contributed by atoms with Gasteiger partial charge in [0.1, 0.15) is 6.04 Å². The molecule has 0 spiro atoms. The zero-order valence-corrected chi connectivity index (χ0v) is 15.4. The lowest BCUT2D eigenvalue weighted by Crippen LogP contribution is -2.32. The van der Waals surface area contributed by atoms with Gasteiger partial charge in [0.15, 0.2) is 0 Å². The maximum atomic E-state index is 12.5. The van der Waals surface area contributed by atoms with Crippen LogP contribution in [0.25, 0.3) is 0 Å². The van der Waals surface area contributed by atoms with E-state index in [0.717, 1.165) is 41.0 Å². The molecule has 0 unspecified atom stereocenters. The molecule has 0 heterocycles. The molecule has 1 saturated carbocycles. The molecule has 0 bridgehead atoms. The van der Waals surface area contributed by atoms with Crippen LogP contribution in [0.3, 0.4) is 0 Å². The third-order valence-corrected chi connectivity index (χ3v) is 4.61. The number of hydrogen-bond acceptors (Lipinski definition) is 3. The van der Waals surface area contributed by atoms with Crippen LogP contribution in [0.2, 0.25) is 0 Å². The fourth-order valence-electron chi connectivity index (χ4n) is 2.80. The Hall–Kier alpha value is -2.82. The van der Waals surface area contributed by atoms with Gasteiger partial charge in [0.05, 0.1) is 0 Å². The first-order valence-electron chi connectivity index (χ1n) is 8.98. The zero-order valence-electron chi connectivity index (χ0n) is 15.4. The van der Waals surface area contributed by atoms with Crippen molar-refractivity contribution in [2.75, 3.05) is 16.0 Å². The molecule has 0 radical (unpaired) electrons. The van der Waals surface area contributed by atoms with Crippen LogP contribution in [0, 0.1) is 19.8 Å². The number of benzene rings is 2. The summed E-state index contributed by atoms with van der Waals surface area (Å²) in [4.78, 5) is 24.3. The molecule has 1 aliphatic rings. The lowest BCUT2D eigenvalue weighted by Gasteiger charge is -2.18. The molecule has 5 nitrogen and oxygen atoms in total. The van der Waals surface area contributed by atoms with E-state index in [2.05, 4.69) is 16.0 Å². The number of carbonyl (C=O) groups excluding carboxylic acids is 2. The molecule has 136 valence electrons. The quantitative estimate of drug-likeness (QED) is 0.734. The van der Waals surface area contributed by atoms with Gasteiger partial charge in [-0.2, -0.15) is 0 Å². The standard InChI is InChI=1S/C21H25N3O2/c1-13-5-4-6-14(2)19(13)24-20(25)15(3)22-17-9-11-18(12-10-17)23-21(26)16-7-8-16/h4-6,9-12,15-16,22H,7-8H2,1-3H3,(H,23,26)(H,24,25)/t15-/m0/s1. The van der Waals surface area contributed by atoms with Crippen LogP contribution in [0.5, 0.6) is 0 Å². The second-order valence-electron chi connectivity index (χ2n) is 6.96. The summed E-state index contributed by atoms with van der Waals surface area (Å²) in [6.45, 7) is 5.79. The highest BCUT2D eigenvalue weighted by molar-refractivity contribution is 5.97. The predicted molar refractivity (Wildman–Crippen MR) is 105 cm³/mol. The monoisotopic (exact) mass is 351 g/mol. The number of nitrogens with one attached hydrogen (secondary N) is 3. The van der Waals surface area contributed by atoms with Gasteiger partial charge in [-0.3, -0.25) is 9.59 Å². The van der Waals surface area contributed by atoms with Crippen molar-refractivity contribution in [2.45, 2.75) is 39.7 Å². The van der Waals surface area contributed by atoms with Crippen LogP contribution < -0.4 is 16.0 Å². The van der Waals surface area contributed by atoms with Crippen LogP contribution in [0.15, 0.2) is 42.5 Å². The molecule has 26 heavy (non-hydrogen) atoms. The van der Waals surface area contributed by atoms with Gasteiger partial charge in [0.2, 0.25) is 11.8 Å². The number of para-hydroxylation sites is 1. The van der Waals surface area contributed by atoms with E-state index < -0.39 is 0 Å². The Morgan fingerprint density at radius 3 is 2.08 bits per heavy atom. The van der Waals surface area contributed by atoms with Gasteiger partial charge in [-0.15, -0.1) is 0 Å². The highest BCUT2D eigenvalue weighted by atomic mass is 16.2.